The van der Waals surface area contributed by atoms with Gasteiger partial charge in [0, 0.05) is 0 Å². The van der Waals surface area contributed by atoms with Crippen LogP contribution < -0.4 is 0 Å². The van der Waals surface area contributed by atoms with E-state index >= 15 is 0 Å². The van der Waals surface area contributed by atoms with Crippen LogP contribution in [-0.4, -0.2) is 41.6 Å². The molecule has 0 rings (SSSR count). The van der Waals surface area contributed by atoms with Gasteiger partial charge >= 0.3 is 88.4 Å². The van der Waals surface area contributed by atoms with E-state index in [4.69, 9.17) is 5.11 Å². The summed E-state index contributed by atoms with van der Waals surface area (Å²) in [4.78, 5) is 2.30. The molecule has 1 nitrogen and oxygen atoms in total. The Kier molecular flexibility index (Phi) is 10.4. The quantitative estimate of drug-likeness (QED) is 0.562. The van der Waals surface area contributed by atoms with Crippen LogP contribution in [0.5, 0.6) is 0 Å². The van der Waals surface area contributed by atoms with E-state index < -0.39 is 0 Å². The summed E-state index contributed by atoms with van der Waals surface area (Å²) in [5.74, 6) is 0. The molecule has 0 radical (unpaired) electrons. The molecular weight excluding hydrogens is 282 g/mol. The predicted octanol–water partition coefficient (Wildman–Crippen LogP) is 1.89. The van der Waals surface area contributed by atoms with Gasteiger partial charge in [0.1, 0.15) is 0 Å². The molecule has 0 atom stereocenters. The van der Waals surface area contributed by atoms with Gasteiger partial charge in [-0.05, 0) is 0 Å². The van der Waals surface area contributed by atoms with Gasteiger partial charge in [-0.15, -0.1) is 0 Å². The first kappa shape index (κ1) is 12.7. The standard InChI is InChI=1S/C9H18OSe2/c1-3-5-11-8-9(7-10)12-6-4-2/h8,10H,3-7H2,1-2H3/b9-8+. The molecule has 0 unspecified atom stereocenters. The molecular formula is C9H18OSe2. The van der Waals surface area contributed by atoms with Crippen LogP contribution in [0.3, 0.4) is 0 Å². The van der Waals surface area contributed by atoms with Crippen molar-refractivity contribution in [2.45, 2.75) is 37.3 Å². The van der Waals surface area contributed by atoms with E-state index in [-0.39, 0.29) is 0 Å². The Morgan fingerprint density at radius 1 is 1.25 bits per heavy atom. The van der Waals surface area contributed by atoms with E-state index in [0.29, 0.717) is 36.5 Å². The van der Waals surface area contributed by atoms with E-state index in [9.17, 15) is 0 Å². The second-order valence-corrected chi connectivity index (χ2v) is 7.07. The van der Waals surface area contributed by atoms with Crippen LogP contribution in [-0.2, 0) is 0 Å². The van der Waals surface area contributed by atoms with Gasteiger partial charge < -0.3 is 0 Å². The van der Waals surface area contributed by atoms with E-state index in [0.717, 1.165) is 0 Å². The van der Waals surface area contributed by atoms with Crippen molar-refractivity contribution >= 4 is 29.9 Å². The summed E-state index contributed by atoms with van der Waals surface area (Å²) in [6, 6.07) is 0. The van der Waals surface area contributed by atoms with Crippen molar-refractivity contribution in [2.75, 3.05) is 6.61 Å². The Balaban J connectivity index is 3.55. The molecule has 0 aromatic rings. The molecule has 0 heterocycles. The number of aliphatic hydroxyl groups excluding tert-OH is 1. The average Bonchev–Trinajstić information content (AvgIpc) is 2.11. The molecule has 0 spiro atoms. The monoisotopic (exact) mass is 302 g/mol. The van der Waals surface area contributed by atoms with Gasteiger partial charge in [-0.1, -0.05) is 0 Å². The van der Waals surface area contributed by atoms with Crippen molar-refractivity contribution < 1.29 is 5.11 Å². The van der Waals surface area contributed by atoms with Crippen LogP contribution in [0.15, 0.2) is 9.45 Å². The van der Waals surface area contributed by atoms with Crippen molar-refractivity contribution in [3.05, 3.63) is 9.45 Å². The second kappa shape index (κ2) is 9.82. The number of hydrogen-bond donors (Lipinski definition) is 1. The van der Waals surface area contributed by atoms with Crippen LogP contribution >= 0.6 is 0 Å². The summed E-state index contributed by atoms with van der Waals surface area (Å²) in [5.41, 5.74) is 0. The Hall–Kier alpha value is 0.739. The molecule has 12 heavy (non-hydrogen) atoms. The fourth-order valence-electron chi connectivity index (χ4n) is 0.620. The topological polar surface area (TPSA) is 20.2 Å². The number of aliphatic hydroxyl groups is 1. The fraction of sp³-hybridized carbons (Fsp3) is 0.778. The summed E-state index contributed by atoms with van der Waals surface area (Å²) in [7, 11) is 0. The van der Waals surface area contributed by atoms with Crippen molar-refractivity contribution in [2.24, 2.45) is 0 Å². The van der Waals surface area contributed by atoms with Crippen molar-refractivity contribution in [1.82, 2.24) is 0 Å². The first-order valence-corrected chi connectivity index (χ1v) is 8.66. The van der Waals surface area contributed by atoms with Crippen LogP contribution in [0, 0.1) is 0 Å². The van der Waals surface area contributed by atoms with Gasteiger partial charge in [-0.25, -0.2) is 0 Å². The molecule has 0 aromatic heterocycles. The van der Waals surface area contributed by atoms with E-state index in [1.807, 2.05) is 0 Å². The van der Waals surface area contributed by atoms with E-state index in [1.165, 1.54) is 28.0 Å². The second-order valence-electron chi connectivity index (χ2n) is 2.46. The Bertz CT molecular complexity index is 124. The molecule has 3 heteroatoms. The molecule has 0 saturated carbocycles. The third-order valence-electron chi connectivity index (χ3n) is 1.18. The minimum absolute atomic E-state index is 0.297. The van der Waals surface area contributed by atoms with Crippen LogP contribution in [0.2, 0.25) is 10.6 Å². The molecule has 0 aromatic carbocycles. The number of hydrogen-bond acceptors (Lipinski definition) is 1. The van der Waals surface area contributed by atoms with Crippen LogP contribution in [0.4, 0.5) is 0 Å². The molecule has 72 valence electrons. The van der Waals surface area contributed by atoms with Gasteiger partial charge in [0.05, 0.1) is 0 Å². The summed E-state index contributed by atoms with van der Waals surface area (Å²) in [6.45, 7) is 4.71. The SMILES string of the molecule is CCC[Se]/C=C(\CO)[Se]CCC. The molecule has 1 N–H and O–H groups in total. The summed E-state index contributed by atoms with van der Waals surface area (Å²) in [5, 5.41) is 11.6. The van der Waals surface area contributed by atoms with Gasteiger partial charge in [-0.3, -0.25) is 0 Å². The molecule has 0 bridgehead atoms. The van der Waals surface area contributed by atoms with Crippen molar-refractivity contribution in [3.8, 4) is 0 Å². The zero-order valence-electron chi connectivity index (χ0n) is 7.88. The van der Waals surface area contributed by atoms with E-state index in [1.54, 1.807) is 0 Å². The zero-order valence-corrected chi connectivity index (χ0v) is 11.3. The van der Waals surface area contributed by atoms with Gasteiger partial charge in [-0.2, -0.15) is 0 Å². The van der Waals surface area contributed by atoms with E-state index in [2.05, 4.69) is 18.8 Å². The Morgan fingerprint density at radius 3 is 2.42 bits per heavy atom. The predicted molar refractivity (Wildman–Crippen MR) is 56.9 cm³/mol. The number of rotatable bonds is 7. The fourth-order valence-corrected chi connectivity index (χ4v) is 4.70. The Morgan fingerprint density at radius 2 is 1.92 bits per heavy atom. The molecule has 0 saturated heterocycles. The maximum absolute atomic E-state index is 9.01. The third kappa shape index (κ3) is 7.39. The van der Waals surface area contributed by atoms with Crippen molar-refractivity contribution in [3.63, 3.8) is 0 Å². The van der Waals surface area contributed by atoms with Crippen molar-refractivity contribution in [1.29, 1.82) is 0 Å². The van der Waals surface area contributed by atoms with Gasteiger partial charge in [0.15, 0.2) is 0 Å². The zero-order chi connectivity index (χ0) is 9.23. The molecule has 0 amide bonds. The molecule has 0 aliphatic rings. The minimum atomic E-state index is 0.297. The maximum atomic E-state index is 9.01. The normalized spacial score (nSPS) is 12.1. The molecule has 0 fully saturated rings. The first-order valence-electron chi connectivity index (χ1n) is 4.39. The van der Waals surface area contributed by atoms with Crippen LogP contribution in [0.1, 0.15) is 26.7 Å². The molecule has 0 aliphatic heterocycles. The summed E-state index contributed by atoms with van der Waals surface area (Å²) in [6.07, 6.45) is 2.52. The Labute approximate surface area is 88.3 Å². The summed E-state index contributed by atoms with van der Waals surface area (Å²) >= 11 is 1.21. The summed E-state index contributed by atoms with van der Waals surface area (Å²) < 4.78 is 1.32. The van der Waals surface area contributed by atoms with Gasteiger partial charge in [0.25, 0.3) is 0 Å². The van der Waals surface area contributed by atoms with Crippen LogP contribution in [0.25, 0.3) is 0 Å². The average molecular weight is 300 g/mol. The van der Waals surface area contributed by atoms with Gasteiger partial charge in [0.2, 0.25) is 0 Å². The molecule has 0 aliphatic carbocycles. The first-order chi connectivity index (χ1) is 5.85. The third-order valence-corrected chi connectivity index (χ3v) is 6.82.